The van der Waals surface area contributed by atoms with Crippen molar-refractivity contribution in [1.29, 1.82) is 0 Å². The Labute approximate surface area is 366 Å². The minimum Gasteiger partial charge on any atom is -1.00 e. The van der Waals surface area contributed by atoms with E-state index in [9.17, 15) is 25.9 Å². The summed E-state index contributed by atoms with van der Waals surface area (Å²) in [5.41, 5.74) is 1.65. The molecule has 6 N–H and O–H groups in total. The molecule has 0 spiro atoms. The number of nitrogens with zero attached hydrogens (tertiary/aromatic N) is 6. The normalized spacial score (nSPS) is 11.3. The van der Waals surface area contributed by atoms with Crippen LogP contribution in [0.25, 0.3) is 12.2 Å². The Hall–Kier alpha value is -3.76. The van der Waals surface area contributed by atoms with Gasteiger partial charge < -0.3 is 24.1 Å². The molecule has 0 radical (unpaired) electrons. The van der Waals surface area contributed by atoms with E-state index in [1.807, 2.05) is 36.4 Å². The summed E-state index contributed by atoms with van der Waals surface area (Å²) >= 11 is 12.2. The first-order valence-corrected chi connectivity index (χ1v) is 18.3. The second-order valence-corrected chi connectivity index (χ2v) is 14.0. The molecule has 6 rings (SSSR count). The third-order valence-corrected chi connectivity index (χ3v) is 8.97. The van der Waals surface area contributed by atoms with Crippen molar-refractivity contribution in [2.24, 2.45) is 0 Å². The summed E-state index contributed by atoms with van der Waals surface area (Å²) in [6.07, 6.45) is 2.50. The summed E-state index contributed by atoms with van der Waals surface area (Å²) in [5, 5.41) is 11.3. The fraction of sp³-hybridized carbons (Fsp3) is 0. The predicted molar refractivity (Wildman–Crippen MR) is 199 cm³/mol. The zero-order chi connectivity index (χ0) is 36.9. The van der Waals surface area contributed by atoms with E-state index in [-0.39, 0.29) is 119 Å². The zero-order valence-electron chi connectivity index (χ0n) is 30.2. The van der Waals surface area contributed by atoms with Crippen LogP contribution in [-0.2, 0) is 20.2 Å². The summed E-state index contributed by atoms with van der Waals surface area (Å²) in [5.74, 6) is 0.164. The van der Waals surface area contributed by atoms with E-state index < -0.39 is 30.0 Å². The van der Waals surface area contributed by atoms with E-state index in [1.54, 1.807) is 24.3 Å². The number of rotatable bonds is 12. The molecule has 0 saturated heterocycles. The van der Waals surface area contributed by atoms with Crippen molar-refractivity contribution in [1.82, 2.24) is 29.9 Å². The number of halogens is 2. The van der Waals surface area contributed by atoms with Gasteiger partial charge in [-0.3, -0.25) is 9.11 Å². The van der Waals surface area contributed by atoms with Gasteiger partial charge in [-0.15, -0.1) is 0 Å². The Morgan fingerprint density at radius 1 is 0.481 bits per heavy atom. The topological polar surface area (TPSA) is 234 Å². The largest absolute Gasteiger partial charge is 1.00 e. The monoisotopic (exact) mass is 826 g/mol. The van der Waals surface area contributed by atoms with Crippen LogP contribution in [0.5, 0.6) is 0 Å². The van der Waals surface area contributed by atoms with Crippen LogP contribution < -0.4 is 80.4 Å². The number of anilines is 8. The van der Waals surface area contributed by atoms with Crippen LogP contribution in [0.3, 0.4) is 0 Å². The first-order valence-electron chi connectivity index (χ1n) is 14.7. The molecule has 268 valence electrons. The molecule has 2 aromatic heterocycles. The molecule has 0 fully saturated rings. The molecule has 0 amide bonds. The van der Waals surface area contributed by atoms with Crippen molar-refractivity contribution in [2.75, 3.05) is 21.3 Å². The number of benzene rings is 4. The molecule has 2 heterocycles. The fourth-order valence-corrected chi connectivity index (χ4v) is 6.35. The molecule has 16 nitrogen and oxygen atoms in total. The van der Waals surface area contributed by atoms with Crippen molar-refractivity contribution in [3.05, 3.63) is 119 Å². The quantitative estimate of drug-likeness (QED) is 0.0579. The maximum Gasteiger partial charge on any atom is 1.00 e. The van der Waals surface area contributed by atoms with E-state index in [0.717, 1.165) is 12.1 Å². The molecule has 0 aliphatic rings. The third kappa shape index (κ3) is 11.9. The van der Waals surface area contributed by atoms with Gasteiger partial charge in [-0.1, -0.05) is 60.7 Å². The molecule has 0 aliphatic carbocycles. The first-order chi connectivity index (χ1) is 24.8. The zero-order valence-corrected chi connectivity index (χ0v) is 35.3. The van der Waals surface area contributed by atoms with E-state index in [1.165, 1.54) is 36.4 Å². The fourth-order valence-electron chi connectivity index (χ4n) is 4.61. The maximum atomic E-state index is 12.4. The molecule has 0 atom stereocenters. The van der Waals surface area contributed by atoms with Gasteiger partial charge in [-0.2, -0.15) is 46.7 Å². The van der Waals surface area contributed by atoms with Crippen molar-refractivity contribution < 1.29 is 87.9 Å². The summed E-state index contributed by atoms with van der Waals surface area (Å²) < 4.78 is 69.8. The summed E-state index contributed by atoms with van der Waals surface area (Å²) in [6, 6.07) is 25.9. The number of aromatic nitrogens is 6. The number of nitrogens with one attached hydrogen (secondary N) is 4. The van der Waals surface area contributed by atoms with Gasteiger partial charge in [0.1, 0.15) is 9.79 Å². The van der Waals surface area contributed by atoms with Crippen molar-refractivity contribution in [3.63, 3.8) is 0 Å². The molecule has 4 aromatic carbocycles. The Morgan fingerprint density at radius 2 is 0.796 bits per heavy atom. The van der Waals surface area contributed by atoms with E-state index in [4.69, 9.17) is 23.2 Å². The van der Waals surface area contributed by atoms with Gasteiger partial charge in [-0.25, -0.2) is 0 Å². The van der Waals surface area contributed by atoms with Crippen molar-refractivity contribution >= 4 is 102 Å². The summed E-state index contributed by atoms with van der Waals surface area (Å²) in [4.78, 5) is 23.5. The smallest absolute Gasteiger partial charge is 1.00 e. The maximum absolute atomic E-state index is 12.4. The van der Waals surface area contributed by atoms with Gasteiger partial charge in [0.05, 0.1) is 0 Å². The van der Waals surface area contributed by atoms with Crippen LogP contribution in [0.4, 0.5) is 46.5 Å². The van der Waals surface area contributed by atoms with Crippen LogP contribution in [-0.4, -0.2) is 55.8 Å². The van der Waals surface area contributed by atoms with Crippen LogP contribution >= 0.6 is 23.2 Å². The van der Waals surface area contributed by atoms with Crippen molar-refractivity contribution in [3.8, 4) is 0 Å². The van der Waals surface area contributed by atoms with E-state index in [2.05, 4.69) is 51.2 Å². The molecule has 54 heavy (non-hydrogen) atoms. The van der Waals surface area contributed by atoms with E-state index in [0.29, 0.717) is 11.4 Å². The average molecular weight is 828 g/mol. The molecule has 0 saturated carbocycles. The SMILES string of the molecule is O=S(=O)(O)c1cc(Nc2nc(Cl)nc(Nc3ccccc3)n2)ccc1C=Cc1ccc(Nc2nc(Cl)nc(Nc3ccccc3)n2)cc1S(=O)(=O)O.[H-].[H-].[Na+].[Na+]. The van der Waals surface area contributed by atoms with Crippen LogP contribution in [0.2, 0.25) is 10.6 Å². The van der Waals surface area contributed by atoms with Gasteiger partial charge in [0, 0.05) is 22.7 Å². The van der Waals surface area contributed by atoms with Crippen LogP contribution in [0, 0.1) is 0 Å². The van der Waals surface area contributed by atoms with Gasteiger partial charge in [0.2, 0.25) is 34.4 Å². The summed E-state index contributed by atoms with van der Waals surface area (Å²) in [7, 11) is -9.62. The Bertz CT molecular complexity index is 2370. The molecule has 6 aromatic rings. The van der Waals surface area contributed by atoms with Crippen LogP contribution in [0.1, 0.15) is 14.0 Å². The minimum atomic E-state index is -4.81. The van der Waals surface area contributed by atoms with Gasteiger partial charge in [-0.05, 0) is 82.9 Å². The Kier molecular flexibility index (Phi) is 14.9. The number of hydrogen-bond donors (Lipinski definition) is 6. The molecular formula is C32H26Cl2N10Na2O6S2. The van der Waals surface area contributed by atoms with Crippen LogP contribution in [0.15, 0.2) is 107 Å². The second-order valence-electron chi connectivity index (χ2n) is 10.5. The molecule has 0 bridgehead atoms. The Morgan fingerprint density at radius 3 is 1.11 bits per heavy atom. The minimum absolute atomic E-state index is 0. The van der Waals surface area contributed by atoms with Gasteiger partial charge >= 0.3 is 59.1 Å². The number of para-hydroxylation sites is 2. The predicted octanol–water partition coefficient (Wildman–Crippen LogP) is 1.23. The van der Waals surface area contributed by atoms with Gasteiger partial charge in [0.15, 0.2) is 0 Å². The van der Waals surface area contributed by atoms with Crippen molar-refractivity contribution in [2.45, 2.75) is 9.79 Å². The first kappa shape index (κ1) is 43.0. The van der Waals surface area contributed by atoms with Gasteiger partial charge in [0.25, 0.3) is 20.2 Å². The molecule has 0 unspecified atom stereocenters. The van der Waals surface area contributed by atoms with E-state index >= 15 is 0 Å². The molecule has 22 heteroatoms. The average Bonchev–Trinajstić information content (AvgIpc) is 3.07. The summed E-state index contributed by atoms with van der Waals surface area (Å²) in [6.45, 7) is 0. The molecular weight excluding hydrogens is 801 g/mol. The Balaban J connectivity index is 0.00000271. The standard InChI is InChI=1S/C32H24Cl2N10O6S2.2Na.2H/c33-27-39-29(35-21-7-3-1-4-8-21)43-31(41-27)37-23-15-13-19(25(17-23)51(45,46)47)11-12-20-14-16-24(18-26(20)52(48,49)50)38-32-42-28(34)40-30(44-32)36-22-9-5-2-6-10-22;;;;/h1-18H,(H,45,46,47)(H,48,49,50)(H2,35,37,39,41,43)(H2,36,38,40,42,44);;;;/q;2*+1;2*-1. The second kappa shape index (κ2) is 18.7. The number of hydrogen-bond acceptors (Lipinski definition) is 14. The third-order valence-electron chi connectivity index (χ3n) is 6.81. The molecule has 0 aliphatic heterocycles.